The molecule has 0 aliphatic heterocycles. The average Bonchev–Trinajstić information content (AvgIpc) is 2.34. The molecular weight excluding hydrogens is 212 g/mol. The number of nitrogens with zero attached hydrogens (tertiary/aromatic N) is 1. The Morgan fingerprint density at radius 2 is 2.18 bits per heavy atom. The van der Waals surface area contributed by atoms with Gasteiger partial charge in [0.15, 0.2) is 0 Å². The summed E-state index contributed by atoms with van der Waals surface area (Å²) in [6.07, 6.45) is 1.15. The van der Waals surface area contributed by atoms with Gasteiger partial charge in [-0.25, -0.2) is 0 Å². The number of carbonyl (C=O) groups excluding carboxylic acids is 1. The Kier molecular flexibility index (Phi) is 5.22. The molecule has 3 nitrogen and oxygen atoms in total. The minimum absolute atomic E-state index is 0.0540. The highest BCUT2D eigenvalue weighted by Crippen LogP contribution is 2.22. The first-order chi connectivity index (χ1) is 8.19. The maximum Gasteiger partial charge on any atom is 0.221 e. The fourth-order valence-electron chi connectivity index (χ4n) is 1.72. The molecule has 1 amide bonds. The Morgan fingerprint density at radius 1 is 1.47 bits per heavy atom. The standard InChI is InChI=1S/C14H18N2O/c1-3-8-16-14(17)9-12(10-15)13-7-5-4-6-11(13)2/h4-7,12H,3,8-9H2,1-2H3,(H,16,17). The number of aryl methyl sites for hydroxylation is 1. The Labute approximate surface area is 102 Å². The SMILES string of the molecule is CCCNC(=O)CC(C#N)c1ccccc1C. The molecule has 0 aromatic heterocycles. The average molecular weight is 230 g/mol. The highest BCUT2D eigenvalue weighted by atomic mass is 16.1. The van der Waals surface area contributed by atoms with Gasteiger partial charge >= 0.3 is 0 Å². The van der Waals surface area contributed by atoms with Crippen molar-refractivity contribution >= 4 is 5.91 Å². The van der Waals surface area contributed by atoms with E-state index < -0.39 is 0 Å². The van der Waals surface area contributed by atoms with Crippen molar-refractivity contribution < 1.29 is 4.79 Å². The van der Waals surface area contributed by atoms with Crippen LogP contribution in [0.2, 0.25) is 0 Å². The van der Waals surface area contributed by atoms with E-state index in [1.807, 2.05) is 38.1 Å². The molecule has 0 bridgehead atoms. The van der Waals surface area contributed by atoms with E-state index >= 15 is 0 Å². The maximum atomic E-state index is 11.6. The topological polar surface area (TPSA) is 52.9 Å². The number of rotatable bonds is 5. The monoisotopic (exact) mass is 230 g/mol. The highest BCUT2D eigenvalue weighted by Gasteiger charge is 2.16. The van der Waals surface area contributed by atoms with Crippen LogP contribution in [0.25, 0.3) is 0 Å². The van der Waals surface area contributed by atoms with Crippen molar-refractivity contribution in [2.24, 2.45) is 0 Å². The molecule has 1 N–H and O–H groups in total. The third-order valence-corrected chi connectivity index (χ3v) is 2.68. The number of carbonyl (C=O) groups is 1. The van der Waals surface area contributed by atoms with Crippen LogP contribution >= 0.6 is 0 Å². The molecule has 1 unspecified atom stereocenters. The predicted octanol–water partition coefficient (Wildman–Crippen LogP) is 2.52. The fourth-order valence-corrected chi connectivity index (χ4v) is 1.72. The molecule has 1 rings (SSSR count). The second-order valence-corrected chi connectivity index (χ2v) is 4.09. The van der Waals surface area contributed by atoms with Gasteiger partial charge in [-0.05, 0) is 24.5 Å². The molecule has 17 heavy (non-hydrogen) atoms. The fraction of sp³-hybridized carbons (Fsp3) is 0.429. The van der Waals surface area contributed by atoms with E-state index in [4.69, 9.17) is 5.26 Å². The van der Waals surface area contributed by atoms with Crippen molar-refractivity contribution in [2.45, 2.75) is 32.6 Å². The summed E-state index contributed by atoms with van der Waals surface area (Å²) in [5.74, 6) is -0.408. The van der Waals surface area contributed by atoms with Gasteiger partial charge in [-0.1, -0.05) is 31.2 Å². The van der Waals surface area contributed by atoms with Crippen LogP contribution in [0.5, 0.6) is 0 Å². The van der Waals surface area contributed by atoms with E-state index in [1.54, 1.807) is 0 Å². The first-order valence-corrected chi connectivity index (χ1v) is 5.90. The summed E-state index contributed by atoms with van der Waals surface area (Å²) >= 11 is 0. The Morgan fingerprint density at radius 3 is 2.76 bits per heavy atom. The smallest absolute Gasteiger partial charge is 0.221 e. The van der Waals surface area contributed by atoms with Crippen LogP contribution in [-0.2, 0) is 4.79 Å². The minimum atomic E-state index is -0.354. The summed E-state index contributed by atoms with van der Waals surface area (Å²) in [7, 11) is 0. The molecule has 0 saturated carbocycles. The van der Waals surface area contributed by atoms with Gasteiger partial charge in [-0.2, -0.15) is 5.26 Å². The molecule has 0 saturated heterocycles. The largest absolute Gasteiger partial charge is 0.356 e. The summed E-state index contributed by atoms with van der Waals surface area (Å²) in [5, 5.41) is 11.9. The molecule has 0 aliphatic carbocycles. The molecule has 3 heteroatoms. The van der Waals surface area contributed by atoms with Crippen molar-refractivity contribution in [1.29, 1.82) is 5.26 Å². The van der Waals surface area contributed by atoms with Gasteiger partial charge in [-0.15, -0.1) is 0 Å². The zero-order valence-electron chi connectivity index (χ0n) is 10.4. The van der Waals surface area contributed by atoms with Crippen LogP contribution in [-0.4, -0.2) is 12.5 Å². The van der Waals surface area contributed by atoms with Crippen LogP contribution in [0, 0.1) is 18.3 Å². The molecule has 90 valence electrons. The van der Waals surface area contributed by atoms with Crippen LogP contribution in [0.1, 0.15) is 36.8 Å². The summed E-state index contributed by atoms with van der Waals surface area (Å²) in [6.45, 7) is 4.64. The molecule has 0 spiro atoms. The first-order valence-electron chi connectivity index (χ1n) is 5.90. The Bertz CT molecular complexity index is 420. The minimum Gasteiger partial charge on any atom is -0.356 e. The van der Waals surface area contributed by atoms with Crippen LogP contribution in [0.3, 0.4) is 0 Å². The molecule has 1 aromatic carbocycles. The summed E-state index contributed by atoms with van der Waals surface area (Å²) < 4.78 is 0. The summed E-state index contributed by atoms with van der Waals surface area (Å²) in [6, 6.07) is 9.91. The number of amides is 1. The molecule has 0 aliphatic rings. The third-order valence-electron chi connectivity index (χ3n) is 2.68. The molecule has 1 atom stereocenters. The van der Waals surface area contributed by atoms with Crippen molar-refractivity contribution in [3.8, 4) is 6.07 Å². The predicted molar refractivity (Wildman–Crippen MR) is 67.5 cm³/mol. The van der Waals surface area contributed by atoms with E-state index in [0.717, 1.165) is 17.5 Å². The van der Waals surface area contributed by atoms with Crippen molar-refractivity contribution in [3.63, 3.8) is 0 Å². The molecule has 0 radical (unpaired) electrons. The number of hydrogen-bond donors (Lipinski definition) is 1. The van der Waals surface area contributed by atoms with Gasteiger partial charge in [0.05, 0.1) is 12.0 Å². The number of benzene rings is 1. The Balaban J connectivity index is 2.70. The lowest BCUT2D eigenvalue weighted by molar-refractivity contribution is -0.121. The lowest BCUT2D eigenvalue weighted by atomic mass is 9.93. The van der Waals surface area contributed by atoms with E-state index in [2.05, 4.69) is 11.4 Å². The summed E-state index contributed by atoms with van der Waals surface area (Å²) in [5.41, 5.74) is 2.00. The number of hydrogen-bond acceptors (Lipinski definition) is 2. The van der Waals surface area contributed by atoms with Gasteiger partial charge in [0.2, 0.25) is 5.91 Å². The van der Waals surface area contributed by atoms with Crippen LogP contribution in [0.4, 0.5) is 0 Å². The second kappa shape index (κ2) is 6.70. The molecule has 0 fully saturated rings. The number of nitriles is 1. The van der Waals surface area contributed by atoms with Crippen molar-refractivity contribution in [2.75, 3.05) is 6.54 Å². The zero-order valence-corrected chi connectivity index (χ0v) is 10.4. The van der Waals surface area contributed by atoms with Crippen LogP contribution in [0.15, 0.2) is 24.3 Å². The maximum absolute atomic E-state index is 11.6. The Hall–Kier alpha value is -1.82. The van der Waals surface area contributed by atoms with E-state index in [0.29, 0.717) is 6.54 Å². The lowest BCUT2D eigenvalue weighted by Crippen LogP contribution is -2.25. The quantitative estimate of drug-likeness (QED) is 0.845. The van der Waals surface area contributed by atoms with E-state index in [-0.39, 0.29) is 18.2 Å². The van der Waals surface area contributed by atoms with Gasteiger partial charge < -0.3 is 5.32 Å². The summed E-state index contributed by atoms with van der Waals surface area (Å²) in [4.78, 5) is 11.6. The first kappa shape index (κ1) is 13.2. The second-order valence-electron chi connectivity index (χ2n) is 4.09. The molecule has 1 aromatic rings. The van der Waals surface area contributed by atoms with Gasteiger partial charge in [0, 0.05) is 13.0 Å². The molecular formula is C14H18N2O. The van der Waals surface area contributed by atoms with E-state index in [1.165, 1.54) is 0 Å². The van der Waals surface area contributed by atoms with Crippen molar-refractivity contribution in [3.05, 3.63) is 35.4 Å². The zero-order chi connectivity index (χ0) is 12.7. The highest BCUT2D eigenvalue weighted by molar-refractivity contribution is 5.77. The van der Waals surface area contributed by atoms with E-state index in [9.17, 15) is 4.79 Å². The third kappa shape index (κ3) is 3.92. The van der Waals surface area contributed by atoms with Crippen LogP contribution < -0.4 is 5.32 Å². The lowest BCUT2D eigenvalue weighted by Gasteiger charge is -2.12. The van der Waals surface area contributed by atoms with Gasteiger partial charge in [0.1, 0.15) is 0 Å². The molecule has 0 heterocycles. The van der Waals surface area contributed by atoms with Gasteiger partial charge in [-0.3, -0.25) is 4.79 Å². The number of nitrogens with one attached hydrogen (secondary N) is 1. The van der Waals surface area contributed by atoms with Gasteiger partial charge in [0.25, 0.3) is 0 Å². The normalized spacial score (nSPS) is 11.6. The van der Waals surface area contributed by atoms with Crippen molar-refractivity contribution in [1.82, 2.24) is 5.32 Å².